The Morgan fingerprint density at radius 1 is 1.20 bits per heavy atom. The molecule has 112 valence electrons. The molecule has 0 spiro atoms. The number of hydrogen-bond donors (Lipinski definition) is 0. The van der Waals surface area contributed by atoms with Gasteiger partial charge in [-0.05, 0) is 44.7 Å². The average Bonchev–Trinajstić information content (AvgIpc) is 2.47. The molecule has 0 aliphatic heterocycles. The minimum absolute atomic E-state index is 0.123. The van der Waals surface area contributed by atoms with E-state index in [-0.39, 0.29) is 17.9 Å². The van der Waals surface area contributed by atoms with Gasteiger partial charge < -0.3 is 9.47 Å². The molecule has 0 heterocycles. The van der Waals surface area contributed by atoms with Crippen LogP contribution >= 0.6 is 0 Å². The first-order chi connectivity index (χ1) is 9.54. The van der Waals surface area contributed by atoms with Crippen molar-refractivity contribution in [2.75, 3.05) is 27.4 Å². The molecule has 1 aromatic rings. The van der Waals surface area contributed by atoms with Crippen molar-refractivity contribution in [3.8, 4) is 5.75 Å². The Bertz CT molecular complexity index is 416. The minimum Gasteiger partial charge on any atom is -0.497 e. The van der Waals surface area contributed by atoms with Crippen molar-refractivity contribution >= 4 is 5.78 Å². The molecule has 0 saturated heterocycles. The molecule has 1 aromatic carbocycles. The molecule has 0 radical (unpaired) electrons. The van der Waals surface area contributed by atoms with Crippen LogP contribution in [0.1, 0.15) is 31.1 Å². The monoisotopic (exact) mass is 279 g/mol. The fourth-order valence-corrected chi connectivity index (χ4v) is 2.45. The van der Waals surface area contributed by atoms with Crippen molar-refractivity contribution < 1.29 is 14.3 Å². The molecule has 4 nitrogen and oxygen atoms in total. The van der Waals surface area contributed by atoms with Gasteiger partial charge in [-0.15, -0.1) is 0 Å². The molecule has 0 aliphatic rings. The molecule has 20 heavy (non-hydrogen) atoms. The predicted molar refractivity (Wildman–Crippen MR) is 80.5 cm³/mol. The second-order valence-electron chi connectivity index (χ2n) is 4.90. The molecular weight excluding hydrogens is 254 g/mol. The lowest BCUT2D eigenvalue weighted by atomic mass is 10.0. The van der Waals surface area contributed by atoms with E-state index >= 15 is 0 Å². The van der Waals surface area contributed by atoms with Crippen LogP contribution < -0.4 is 4.74 Å². The quantitative estimate of drug-likeness (QED) is 0.686. The highest BCUT2D eigenvalue weighted by atomic mass is 16.5. The maximum Gasteiger partial charge on any atom is 0.179 e. The van der Waals surface area contributed by atoms with Crippen LogP contribution in [0.2, 0.25) is 0 Å². The van der Waals surface area contributed by atoms with Gasteiger partial charge in [0.25, 0.3) is 0 Å². The molecule has 0 fully saturated rings. The molecule has 4 heteroatoms. The molecule has 0 bridgehead atoms. The van der Waals surface area contributed by atoms with Crippen molar-refractivity contribution in [2.24, 2.45) is 0 Å². The second kappa shape index (κ2) is 8.02. The van der Waals surface area contributed by atoms with Crippen LogP contribution in [0.3, 0.4) is 0 Å². The van der Waals surface area contributed by atoms with Gasteiger partial charge in [-0.25, -0.2) is 0 Å². The van der Waals surface area contributed by atoms with Crippen molar-refractivity contribution in [3.63, 3.8) is 0 Å². The summed E-state index contributed by atoms with van der Waals surface area (Å²) in [6, 6.07) is 7.29. The van der Waals surface area contributed by atoms with E-state index in [4.69, 9.17) is 9.47 Å². The lowest BCUT2D eigenvalue weighted by Crippen LogP contribution is -2.46. The Labute approximate surface area is 121 Å². The molecule has 0 aliphatic carbocycles. The third kappa shape index (κ3) is 4.05. The SMILES string of the molecule is CCN(C(C)COC)C(C)C(=O)c1ccc(OC)cc1. The number of likely N-dealkylation sites (N-methyl/N-ethyl adjacent to an activating group) is 1. The summed E-state index contributed by atoms with van der Waals surface area (Å²) in [5.41, 5.74) is 0.710. The fourth-order valence-electron chi connectivity index (χ4n) is 2.45. The summed E-state index contributed by atoms with van der Waals surface area (Å²) in [5, 5.41) is 0. The van der Waals surface area contributed by atoms with Crippen LogP contribution in [0.15, 0.2) is 24.3 Å². The van der Waals surface area contributed by atoms with Crippen molar-refractivity contribution in [1.82, 2.24) is 4.90 Å². The van der Waals surface area contributed by atoms with E-state index < -0.39 is 0 Å². The first kappa shape index (κ1) is 16.7. The number of Topliss-reactive ketones (excluding diaryl/α,β-unsaturated/α-hetero) is 1. The predicted octanol–water partition coefficient (Wildman–Crippen LogP) is 2.62. The number of rotatable bonds is 8. The van der Waals surface area contributed by atoms with Crippen LogP contribution in [0.25, 0.3) is 0 Å². The minimum atomic E-state index is -0.168. The van der Waals surface area contributed by atoms with Gasteiger partial charge in [0, 0.05) is 18.7 Å². The highest BCUT2D eigenvalue weighted by Crippen LogP contribution is 2.16. The zero-order chi connectivity index (χ0) is 15.1. The van der Waals surface area contributed by atoms with Gasteiger partial charge >= 0.3 is 0 Å². The molecule has 0 N–H and O–H groups in total. The number of methoxy groups -OCH3 is 2. The van der Waals surface area contributed by atoms with Crippen LogP contribution in [-0.2, 0) is 4.74 Å². The van der Waals surface area contributed by atoms with Crippen molar-refractivity contribution in [2.45, 2.75) is 32.9 Å². The number of ether oxygens (including phenoxy) is 2. The smallest absolute Gasteiger partial charge is 0.179 e. The van der Waals surface area contributed by atoms with Gasteiger partial charge in [-0.3, -0.25) is 9.69 Å². The van der Waals surface area contributed by atoms with Crippen LogP contribution in [-0.4, -0.2) is 50.1 Å². The van der Waals surface area contributed by atoms with E-state index in [9.17, 15) is 4.79 Å². The summed E-state index contributed by atoms with van der Waals surface area (Å²) in [6.45, 7) is 7.51. The summed E-state index contributed by atoms with van der Waals surface area (Å²) in [6.07, 6.45) is 0. The third-order valence-corrected chi connectivity index (χ3v) is 3.59. The van der Waals surface area contributed by atoms with E-state index in [1.165, 1.54) is 0 Å². The number of hydrogen-bond acceptors (Lipinski definition) is 4. The Balaban J connectivity index is 2.82. The highest BCUT2D eigenvalue weighted by Gasteiger charge is 2.25. The van der Waals surface area contributed by atoms with E-state index in [0.717, 1.165) is 12.3 Å². The Hall–Kier alpha value is -1.39. The Morgan fingerprint density at radius 2 is 1.80 bits per heavy atom. The molecule has 0 saturated carbocycles. The maximum atomic E-state index is 12.5. The molecule has 1 rings (SSSR count). The summed E-state index contributed by atoms with van der Waals surface area (Å²) in [4.78, 5) is 14.7. The van der Waals surface area contributed by atoms with Gasteiger partial charge in [0.1, 0.15) is 5.75 Å². The highest BCUT2D eigenvalue weighted by molar-refractivity contribution is 5.99. The van der Waals surface area contributed by atoms with Crippen LogP contribution in [0, 0.1) is 0 Å². The number of ketones is 1. The van der Waals surface area contributed by atoms with Crippen molar-refractivity contribution in [3.05, 3.63) is 29.8 Å². The fraction of sp³-hybridized carbons (Fsp3) is 0.562. The first-order valence-corrected chi connectivity index (χ1v) is 6.98. The Morgan fingerprint density at radius 3 is 2.25 bits per heavy atom. The summed E-state index contributed by atoms with van der Waals surface area (Å²) < 4.78 is 10.3. The van der Waals surface area contributed by atoms with E-state index in [1.54, 1.807) is 14.2 Å². The van der Waals surface area contributed by atoms with Gasteiger partial charge in [-0.2, -0.15) is 0 Å². The zero-order valence-electron chi connectivity index (χ0n) is 13.1. The van der Waals surface area contributed by atoms with E-state index in [1.807, 2.05) is 31.2 Å². The van der Waals surface area contributed by atoms with Gasteiger partial charge in [0.05, 0.1) is 19.8 Å². The lowest BCUT2D eigenvalue weighted by Gasteiger charge is -2.32. The molecule has 0 aromatic heterocycles. The zero-order valence-corrected chi connectivity index (χ0v) is 13.1. The normalized spacial score (nSPS) is 14.1. The first-order valence-electron chi connectivity index (χ1n) is 6.98. The Kier molecular flexibility index (Phi) is 6.68. The standard InChI is InChI=1S/C16H25NO3/c1-6-17(12(2)11-19-4)13(3)16(18)14-7-9-15(20-5)10-8-14/h7-10,12-13H,6,11H2,1-5H3. The van der Waals surface area contributed by atoms with Gasteiger partial charge in [0.15, 0.2) is 5.78 Å². The second-order valence-corrected chi connectivity index (χ2v) is 4.90. The third-order valence-electron chi connectivity index (χ3n) is 3.59. The number of benzene rings is 1. The molecular formula is C16H25NO3. The van der Waals surface area contributed by atoms with Crippen molar-refractivity contribution in [1.29, 1.82) is 0 Å². The number of nitrogens with zero attached hydrogens (tertiary/aromatic N) is 1. The average molecular weight is 279 g/mol. The molecule has 2 unspecified atom stereocenters. The summed E-state index contributed by atoms with van der Waals surface area (Å²) >= 11 is 0. The van der Waals surface area contributed by atoms with E-state index in [0.29, 0.717) is 12.2 Å². The largest absolute Gasteiger partial charge is 0.497 e. The number of carbonyl (C=O) groups is 1. The maximum absolute atomic E-state index is 12.5. The van der Waals surface area contributed by atoms with E-state index in [2.05, 4.69) is 18.7 Å². The lowest BCUT2D eigenvalue weighted by molar-refractivity contribution is 0.0612. The van der Waals surface area contributed by atoms with Crippen LogP contribution in [0.5, 0.6) is 5.75 Å². The molecule has 0 amide bonds. The summed E-state index contributed by atoms with van der Waals surface area (Å²) in [5.74, 6) is 0.881. The van der Waals surface area contributed by atoms with Gasteiger partial charge in [0.2, 0.25) is 0 Å². The topological polar surface area (TPSA) is 38.8 Å². The van der Waals surface area contributed by atoms with Gasteiger partial charge in [-0.1, -0.05) is 6.92 Å². The number of carbonyl (C=O) groups excluding carboxylic acids is 1. The summed E-state index contributed by atoms with van der Waals surface area (Å²) in [7, 11) is 3.30. The van der Waals surface area contributed by atoms with Crippen LogP contribution in [0.4, 0.5) is 0 Å². The molecule has 2 atom stereocenters.